The fourth-order valence-corrected chi connectivity index (χ4v) is 1.86. The summed E-state index contributed by atoms with van der Waals surface area (Å²) in [7, 11) is 0. The van der Waals surface area contributed by atoms with Crippen molar-refractivity contribution < 1.29 is 19.1 Å². The van der Waals surface area contributed by atoms with E-state index in [-0.39, 0.29) is 37.6 Å². The van der Waals surface area contributed by atoms with Crippen LogP contribution in [0, 0.1) is 0 Å². The molecule has 0 aliphatic carbocycles. The van der Waals surface area contributed by atoms with Crippen LogP contribution in [0.4, 0.5) is 0 Å². The molecule has 1 aliphatic heterocycles. The number of carbonyl (C=O) groups excluding carboxylic acids is 3. The number of nitrogens with one attached hydrogen (secondary N) is 1. The zero-order valence-electron chi connectivity index (χ0n) is 10.8. The van der Waals surface area contributed by atoms with E-state index in [1.165, 1.54) is 0 Å². The maximum atomic E-state index is 12.0. The van der Waals surface area contributed by atoms with Gasteiger partial charge in [0.05, 0.1) is 24.3 Å². The maximum absolute atomic E-state index is 12.0. The lowest BCUT2D eigenvalue weighted by atomic mass is 10.1. The third-order valence-electron chi connectivity index (χ3n) is 2.87. The Morgan fingerprint density at radius 1 is 1.25 bits per heavy atom. The highest BCUT2D eigenvalue weighted by molar-refractivity contribution is 6.21. The summed E-state index contributed by atoms with van der Waals surface area (Å²) in [6.45, 7) is 3.61. The summed E-state index contributed by atoms with van der Waals surface area (Å²) in [4.78, 5) is 36.0. The Morgan fingerprint density at radius 3 is 2.40 bits per heavy atom. The van der Waals surface area contributed by atoms with Crippen molar-refractivity contribution in [1.29, 1.82) is 0 Å². The average molecular weight is 274 g/mol. The standard InChI is InChI=1S/C14H14N2O4/c1-2-12(17)15-9-20-8-7-16-13(18)10-5-3-4-6-11(10)14(16)19/h2-6H,1,7-9H2,(H,15,17). The van der Waals surface area contributed by atoms with Crippen molar-refractivity contribution in [2.75, 3.05) is 19.9 Å². The summed E-state index contributed by atoms with van der Waals surface area (Å²) in [5.74, 6) is -0.973. The molecular weight excluding hydrogens is 260 g/mol. The normalized spacial score (nSPS) is 13.3. The highest BCUT2D eigenvalue weighted by atomic mass is 16.5. The molecule has 0 aromatic heterocycles. The van der Waals surface area contributed by atoms with Crippen LogP contribution in [-0.4, -0.2) is 42.5 Å². The fourth-order valence-electron chi connectivity index (χ4n) is 1.86. The number of fused-ring (bicyclic) bond motifs is 1. The van der Waals surface area contributed by atoms with E-state index in [1.54, 1.807) is 24.3 Å². The lowest BCUT2D eigenvalue weighted by Gasteiger charge is -2.13. The van der Waals surface area contributed by atoms with Crippen molar-refractivity contribution in [1.82, 2.24) is 10.2 Å². The van der Waals surface area contributed by atoms with E-state index in [0.29, 0.717) is 11.1 Å². The molecular formula is C14H14N2O4. The number of rotatable bonds is 6. The van der Waals surface area contributed by atoms with E-state index in [2.05, 4.69) is 11.9 Å². The lowest BCUT2D eigenvalue weighted by Crippen LogP contribution is -2.34. The average Bonchev–Trinajstić information content (AvgIpc) is 2.71. The Labute approximate surface area is 116 Å². The zero-order chi connectivity index (χ0) is 14.5. The van der Waals surface area contributed by atoms with Crippen molar-refractivity contribution in [2.24, 2.45) is 0 Å². The minimum Gasteiger partial charge on any atom is -0.359 e. The first-order chi connectivity index (χ1) is 9.65. The second-order valence-electron chi connectivity index (χ2n) is 4.11. The Hall–Kier alpha value is -2.47. The number of hydrogen-bond acceptors (Lipinski definition) is 4. The van der Waals surface area contributed by atoms with E-state index in [0.717, 1.165) is 11.0 Å². The van der Waals surface area contributed by atoms with Crippen LogP contribution in [0.15, 0.2) is 36.9 Å². The van der Waals surface area contributed by atoms with Crippen molar-refractivity contribution in [2.45, 2.75) is 0 Å². The van der Waals surface area contributed by atoms with Gasteiger partial charge < -0.3 is 10.1 Å². The van der Waals surface area contributed by atoms with Crippen LogP contribution in [-0.2, 0) is 9.53 Å². The number of ether oxygens (including phenoxy) is 1. The monoisotopic (exact) mass is 274 g/mol. The summed E-state index contributed by atoms with van der Waals surface area (Å²) in [5.41, 5.74) is 0.829. The van der Waals surface area contributed by atoms with E-state index in [4.69, 9.17) is 4.74 Å². The van der Waals surface area contributed by atoms with Crippen LogP contribution in [0.2, 0.25) is 0 Å². The molecule has 0 saturated carbocycles. The van der Waals surface area contributed by atoms with Gasteiger partial charge in [0.1, 0.15) is 6.73 Å². The molecule has 0 fully saturated rings. The van der Waals surface area contributed by atoms with Crippen LogP contribution in [0.1, 0.15) is 20.7 Å². The summed E-state index contributed by atoms with van der Waals surface area (Å²) in [5, 5.41) is 2.43. The molecule has 0 spiro atoms. The number of imide groups is 1. The summed E-state index contributed by atoms with van der Waals surface area (Å²) in [6, 6.07) is 6.69. The highest BCUT2D eigenvalue weighted by Crippen LogP contribution is 2.21. The molecule has 1 aromatic carbocycles. The minimum atomic E-state index is -0.342. The predicted molar refractivity (Wildman–Crippen MR) is 71.0 cm³/mol. The van der Waals surface area contributed by atoms with Gasteiger partial charge in [-0.25, -0.2) is 0 Å². The molecule has 0 bridgehead atoms. The van der Waals surface area contributed by atoms with E-state index in [9.17, 15) is 14.4 Å². The maximum Gasteiger partial charge on any atom is 0.261 e. The van der Waals surface area contributed by atoms with Gasteiger partial charge in [0.15, 0.2) is 0 Å². The SMILES string of the molecule is C=CC(=O)NCOCCN1C(=O)c2ccccc2C1=O. The topological polar surface area (TPSA) is 75.7 Å². The number of nitrogens with zero attached hydrogens (tertiary/aromatic N) is 1. The molecule has 3 amide bonds. The van der Waals surface area contributed by atoms with Crippen LogP contribution in [0.3, 0.4) is 0 Å². The number of hydrogen-bond donors (Lipinski definition) is 1. The molecule has 1 aromatic rings. The number of benzene rings is 1. The Balaban J connectivity index is 1.84. The van der Waals surface area contributed by atoms with Crippen molar-refractivity contribution in [3.63, 3.8) is 0 Å². The van der Waals surface area contributed by atoms with Gasteiger partial charge in [-0.1, -0.05) is 18.7 Å². The first-order valence-corrected chi connectivity index (χ1v) is 6.08. The van der Waals surface area contributed by atoms with Crippen molar-refractivity contribution >= 4 is 17.7 Å². The van der Waals surface area contributed by atoms with Crippen LogP contribution >= 0.6 is 0 Å². The fraction of sp³-hybridized carbons (Fsp3) is 0.214. The molecule has 0 unspecified atom stereocenters. The van der Waals surface area contributed by atoms with Crippen LogP contribution in [0.5, 0.6) is 0 Å². The summed E-state index contributed by atoms with van der Waals surface area (Å²) >= 11 is 0. The van der Waals surface area contributed by atoms with Gasteiger partial charge in [0, 0.05) is 0 Å². The molecule has 0 saturated heterocycles. The number of carbonyl (C=O) groups is 3. The van der Waals surface area contributed by atoms with Crippen LogP contribution in [0.25, 0.3) is 0 Å². The zero-order valence-corrected chi connectivity index (χ0v) is 10.8. The van der Waals surface area contributed by atoms with Gasteiger partial charge in [0.25, 0.3) is 11.8 Å². The molecule has 6 nitrogen and oxygen atoms in total. The van der Waals surface area contributed by atoms with Gasteiger partial charge >= 0.3 is 0 Å². The highest BCUT2D eigenvalue weighted by Gasteiger charge is 2.34. The molecule has 0 radical (unpaired) electrons. The van der Waals surface area contributed by atoms with Crippen LogP contribution < -0.4 is 5.32 Å². The molecule has 104 valence electrons. The third-order valence-corrected chi connectivity index (χ3v) is 2.87. The quantitative estimate of drug-likeness (QED) is 0.356. The second kappa shape index (κ2) is 6.12. The summed E-state index contributed by atoms with van der Waals surface area (Å²) < 4.78 is 5.14. The smallest absolute Gasteiger partial charge is 0.261 e. The predicted octanol–water partition coefficient (Wildman–Crippen LogP) is 0.559. The van der Waals surface area contributed by atoms with Crippen molar-refractivity contribution in [3.8, 4) is 0 Å². The molecule has 6 heteroatoms. The molecule has 1 aliphatic rings. The van der Waals surface area contributed by atoms with Gasteiger partial charge in [0.2, 0.25) is 5.91 Å². The van der Waals surface area contributed by atoms with E-state index >= 15 is 0 Å². The Morgan fingerprint density at radius 2 is 1.85 bits per heavy atom. The van der Waals surface area contributed by atoms with Gasteiger partial charge in [-0.2, -0.15) is 0 Å². The van der Waals surface area contributed by atoms with E-state index < -0.39 is 0 Å². The molecule has 2 rings (SSSR count). The Kier molecular flexibility index (Phi) is 4.27. The minimum absolute atomic E-state index is 0.00796. The first-order valence-electron chi connectivity index (χ1n) is 6.08. The van der Waals surface area contributed by atoms with Gasteiger partial charge in [-0.15, -0.1) is 0 Å². The first kappa shape index (κ1) is 14.0. The van der Waals surface area contributed by atoms with Crippen molar-refractivity contribution in [3.05, 3.63) is 48.0 Å². The molecule has 20 heavy (non-hydrogen) atoms. The molecule has 0 atom stereocenters. The van der Waals surface area contributed by atoms with Gasteiger partial charge in [-0.3, -0.25) is 19.3 Å². The second-order valence-corrected chi connectivity index (χ2v) is 4.11. The molecule has 1 N–H and O–H groups in total. The summed E-state index contributed by atoms with van der Waals surface area (Å²) in [6.07, 6.45) is 1.13. The lowest BCUT2D eigenvalue weighted by molar-refractivity contribution is -0.118. The Bertz CT molecular complexity index is 533. The number of amides is 3. The van der Waals surface area contributed by atoms with E-state index in [1.807, 2.05) is 0 Å². The largest absolute Gasteiger partial charge is 0.359 e. The molecule has 1 heterocycles. The van der Waals surface area contributed by atoms with Gasteiger partial charge in [-0.05, 0) is 18.2 Å². The third kappa shape index (κ3) is 2.75.